The molecular weight excluding hydrogens is 444 g/mol. The fraction of sp³-hybridized carbons (Fsp3) is 0.381. The minimum absolute atomic E-state index is 0.00482. The summed E-state index contributed by atoms with van der Waals surface area (Å²) in [5.74, 6) is -2.03. The molecule has 0 radical (unpaired) electrons. The van der Waals surface area contributed by atoms with Gasteiger partial charge in [0.25, 0.3) is 11.3 Å². The van der Waals surface area contributed by atoms with Crippen LogP contribution in [-0.4, -0.2) is 38.3 Å². The van der Waals surface area contributed by atoms with Gasteiger partial charge in [0.1, 0.15) is 17.2 Å². The molecule has 1 aromatic heterocycles. The lowest BCUT2D eigenvalue weighted by atomic mass is 10.1. The van der Waals surface area contributed by atoms with Crippen LogP contribution >= 0.6 is 0 Å². The van der Waals surface area contributed by atoms with Crippen LogP contribution in [0.15, 0.2) is 30.5 Å². The summed E-state index contributed by atoms with van der Waals surface area (Å²) in [6, 6.07) is 4.76. The van der Waals surface area contributed by atoms with Gasteiger partial charge in [-0.2, -0.15) is 0 Å². The molecule has 0 aliphatic carbocycles. The van der Waals surface area contributed by atoms with Crippen LogP contribution in [0.3, 0.4) is 0 Å². The quantitative estimate of drug-likeness (QED) is 0.452. The number of halogens is 2. The summed E-state index contributed by atoms with van der Waals surface area (Å²) in [5, 5.41) is 0. The molecular formula is C21H25F2N3O5S. The molecule has 0 bridgehead atoms. The first kappa shape index (κ1) is 25.3. The number of anilines is 2. The minimum Gasteiger partial charge on any atom is -0.443 e. The smallest absolute Gasteiger partial charge is 0.416 e. The number of hydrogen-bond donors (Lipinski definition) is 1. The summed E-state index contributed by atoms with van der Waals surface area (Å²) >= 11 is -2.53. The Bertz CT molecular complexity index is 996. The van der Waals surface area contributed by atoms with E-state index in [1.54, 1.807) is 27.7 Å². The summed E-state index contributed by atoms with van der Waals surface area (Å²) in [4.78, 5) is 28.7. The van der Waals surface area contributed by atoms with Gasteiger partial charge < -0.3 is 4.74 Å². The molecule has 8 nitrogen and oxygen atoms in total. The second-order valence-corrected chi connectivity index (χ2v) is 8.73. The summed E-state index contributed by atoms with van der Waals surface area (Å²) in [6.45, 7) is 6.08. The Morgan fingerprint density at radius 1 is 1.25 bits per heavy atom. The average Bonchev–Trinajstić information content (AvgIpc) is 2.71. The molecule has 2 aromatic rings. The molecule has 1 N–H and O–H groups in total. The number of pyridine rings is 1. The molecule has 174 valence electrons. The van der Waals surface area contributed by atoms with Crippen molar-refractivity contribution in [1.29, 1.82) is 0 Å². The zero-order valence-electron chi connectivity index (χ0n) is 18.2. The molecule has 0 fully saturated rings. The van der Waals surface area contributed by atoms with Crippen LogP contribution in [0.25, 0.3) is 0 Å². The highest BCUT2D eigenvalue weighted by Crippen LogP contribution is 2.29. The van der Waals surface area contributed by atoms with Crippen molar-refractivity contribution < 1.29 is 31.9 Å². The number of amides is 1. The number of benzene rings is 1. The fourth-order valence-electron chi connectivity index (χ4n) is 2.75. The molecule has 0 aliphatic rings. The van der Waals surface area contributed by atoms with E-state index in [-0.39, 0.29) is 23.6 Å². The summed E-state index contributed by atoms with van der Waals surface area (Å²) in [6.07, 6.45) is 1.30. The second kappa shape index (κ2) is 10.6. The summed E-state index contributed by atoms with van der Waals surface area (Å²) < 4.78 is 57.3. The largest absolute Gasteiger partial charge is 0.443 e. The summed E-state index contributed by atoms with van der Waals surface area (Å²) in [5.41, 5.74) is -1.44. The topological polar surface area (TPSA) is 100 Å². The lowest BCUT2D eigenvalue weighted by Crippen LogP contribution is -2.37. The van der Waals surface area contributed by atoms with E-state index in [0.717, 1.165) is 21.3 Å². The number of carbonyl (C=O) groups is 2. The normalized spacial score (nSPS) is 12.2. The third-order valence-corrected chi connectivity index (χ3v) is 4.92. The lowest BCUT2D eigenvalue weighted by Gasteiger charge is -2.28. The zero-order chi connectivity index (χ0) is 24.1. The molecule has 1 amide bonds. The van der Waals surface area contributed by atoms with Crippen molar-refractivity contribution in [2.75, 3.05) is 15.7 Å². The molecule has 0 spiro atoms. The van der Waals surface area contributed by atoms with Crippen molar-refractivity contribution in [3.63, 3.8) is 0 Å². The van der Waals surface area contributed by atoms with E-state index in [0.29, 0.717) is 12.7 Å². The van der Waals surface area contributed by atoms with Gasteiger partial charge in [-0.25, -0.2) is 22.8 Å². The van der Waals surface area contributed by atoms with E-state index < -0.39 is 46.7 Å². The van der Waals surface area contributed by atoms with Gasteiger partial charge in [-0.1, -0.05) is 6.92 Å². The second-order valence-electron chi connectivity index (χ2n) is 7.83. The molecule has 1 atom stereocenters. The van der Waals surface area contributed by atoms with E-state index in [9.17, 15) is 22.7 Å². The minimum atomic E-state index is -2.53. The molecule has 1 heterocycles. The van der Waals surface area contributed by atoms with E-state index in [2.05, 4.69) is 4.98 Å². The van der Waals surface area contributed by atoms with Crippen molar-refractivity contribution in [1.82, 2.24) is 4.98 Å². The standard InChI is InChI=1S/C21H25F2N3O5S/c1-5-10-26(32(29)30)17-8-7-16(22)15(19(17)23)12-25(20(28)31-21(2,3)4)18-9-6-14(13-27)11-24-18/h6-9,11,13H,5,10,12H2,1-4H3,(H,29,30). The van der Waals surface area contributed by atoms with E-state index >= 15 is 4.39 Å². The van der Waals surface area contributed by atoms with Crippen LogP contribution in [-0.2, 0) is 22.5 Å². The van der Waals surface area contributed by atoms with Crippen LogP contribution < -0.4 is 9.21 Å². The number of hydrogen-bond acceptors (Lipinski definition) is 5. The van der Waals surface area contributed by atoms with Gasteiger partial charge in [0.2, 0.25) is 0 Å². The van der Waals surface area contributed by atoms with Gasteiger partial charge >= 0.3 is 6.09 Å². The molecule has 32 heavy (non-hydrogen) atoms. The number of aldehydes is 1. The van der Waals surface area contributed by atoms with E-state index in [4.69, 9.17) is 4.74 Å². The lowest BCUT2D eigenvalue weighted by molar-refractivity contribution is 0.0575. The predicted octanol–water partition coefficient (Wildman–Crippen LogP) is 4.47. The highest BCUT2D eigenvalue weighted by atomic mass is 32.2. The maximum atomic E-state index is 15.3. The average molecular weight is 470 g/mol. The Morgan fingerprint density at radius 2 is 1.94 bits per heavy atom. The number of rotatable bonds is 8. The molecule has 11 heteroatoms. The Balaban J connectivity index is 2.54. The summed E-state index contributed by atoms with van der Waals surface area (Å²) in [7, 11) is 0. The van der Waals surface area contributed by atoms with Gasteiger partial charge in [-0.15, -0.1) is 0 Å². The fourth-order valence-corrected chi connectivity index (χ4v) is 3.40. The first-order chi connectivity index (χ1) is 15.0. The molecule has 0 saturated heterocycles. The van der Waals surface area contributed by atoms with Gasteiger partial charge in [0, 0.05) is 23.9 Å². The van der Waals surface area contributed by atoms with Crippen LogP contribution in [0.1, 0.15) is 50.0 Å². The Kier molecular flexibility index (Phi) is 8.39. The molecule has 1 unspecified atom stereocenters. The first-order valence-corrected chi connectivity index (χ1v) is 10.8. The Hall–Kier alpha value is -2.92. The third kappa shape index (κ3) is 6.30. The van der Waals surface area contributed by atoms with Gasteiger partial charge in [-0.3, -0.25) is 18.6 Å². The van der Waals surface area contributed by atoms with E-state index in [1.165, 1.54) is 18.3 Å². The number of carbonyl (C=O) groups excluding carboxylic acids is 2. The van der Waals surface area contributed by atoms with Crippen LogP contribution in [0, 0.1) is 11.6 Å². The molecule has 1 aromatic carbocycles. The zero-order valence-corrected chi connectivity index (χ0v) is 19.0. The molecule has 2 rings (SSSR count). The van der Waals surface area contributed by atoms with Crippen molar-refractivity contribution in [3.05, 3.63) is 53.2 Å². The van der Waals surface area contributed by atoms with Gasteiger partial charge in [0.15, 0.2) is 12.1 Å². The van der Waals surface area contributed by atoms with E-state index in [1.807, 2.05) is 0 Å². The maximum Gasteiger partial charge on any atom is 0.416 e. The highest BCUT2D eigenvalue weighted by Gasteiger charge is 2.28. The van der Waals surface area contributed by atoms with Crippen molar-refractivity contribution in [3.8, 4) is 0 Å². The SMILES string of the molecule is CCCN(c1ccc(F)c(CN(C(=O)OC(C)(C)C)c2ccc(C=O)cn2)c1F)S(=O)O. The van der Waals surface area contributed by atoms with Crippen LogP contribution in [0.4, 0.5) is 25.1 Å². The number of nitrogens with zero attached hydrogens (tertiary/aromatic N) is 3. The van der Waals surface area contributed by atoms with Crippen molar-refractivity contribution in [2.24, 2.45) is 0 Å². The van der Waals surface area contributed by atoms with Crippen molar-refractivity contribution >= 4 is 35.2 Å². The Labute approximate surface area is 187 Å². The highest BCUT2D eigenvalue weighted by molar-refractivity contribution is 7.80. The number of ether oxygens (including phenoxy) is 1. The predicted molar refractivity (Wildman–Crippen MR) is 117 cm³/mol. The van der Waals surface area contributed by atoms with Gasteiger partial charge in [-0.05, 0) is 51.5 Å². The number of aromatic nitrogens is 1. The monoisotopic (exact) mass is 469 g/mol. The maximum absolute atomic E-state index is 15.3. The third-order valence-electron chi connectivity index (χ3n) is 4.16. The first-order valence-electron chi connectivity index (χ1n) is 9.75. The van der Waals surface area contributed by atoms with Crippen LogP contribution in [0.2, 0.25) is 0 Å². The van der Waals surface area contributed by atoms with Gasteiger partial charge in [0.05, 0.1) is 12.2 Å². The molecule has 0 saturated carbocycles. The van der Waals surface area contributed by atoms with Crippen LogP contribution in [0.5, 0.6) is 0 Å². The van der Waals surface area contributed by atoms with Crippen molar-refractivity contribution in [2.45, 2.75) is 46.3 Å². The molecule has 0 aliphatic heterocycles. The Morgan fingerprint density at radius 3 is 2.44 bits per heavy atom.